The number of nitrogens with zero attached hydrogens (tertiary/aromatic N) is 2. The van der Waals surface area contributed by atoms with E-state index in [1.165, 1.54) is 6.20 Å². The summed E-state index contributed by atoms with van der Waals surface area (Å²) < 4.78 is 2.28. The lowest BCUT2D eigenvalue weighted by Crippen LogP contribution is -2.14. The normalized spacial score (nSPS) is 11.1. The number of halogens is 3. The lowest BCUT2D eigenvalue weighted by molar-refractivity contribution is 0.102. The highest BCUT2D eigenvalue weighted by Gasteiger charge is 2.22. The van der Waals surface area contributed by atoms with Crippen molar-refractivity contribution in [3.8, 4) is 0 Å². The molecular formula is C13H11BrCl2N2O. The second-order valence-corrected chi connectivity index (χ2v) is 6.03. The molecule has 0 aliphatic rings. The van der Waals surface area contributed by atoms with Crippen molar-refractivity contribution >= 4 is 44.9 Å². The Labute approximate surface area is 129 Å². The molecule has 3 nitrogen and oxygen atoms in total. The first kappa shape index (κ1) is 14.6. The molecule has 0 unspecified atom stereocenters. The van der Waals surface area contributed by atoms with E-state index in [-0.39, 0.29) is 11.8 Å². The third-order valence-corrected chi connectivity index (χ3v) is 3.83. The minimum Gasteiger partial charge on any atom is -0.287 e. The molecule has 0 saturated carbocycles. The van der Waals surface area contributed by atoms with Crippen molar-refractivity contribution in [1.82, 2.24) is 9.78 Å². The molecule has 1 heterocycles. The highest BCUT2D eigenvalue weighted by Crippen LogP contribution is 2.27. The van der Waals surface area contributed by atoms with Crippen molar-refractivity contribution in [2.45, 2.75) is 19.9 Å². The largest absolute Gasteiger partial charge is 0.287 e. The predicted octanol–water partition coefficient (Wildman–Crippen LogP) is 4.76. The van der Waals surface area contributed by atoms with Gasteiger partial charge in [-0.15, -0.1) is 0 Å². The highest BCUT2D eigenvalue weighted by molar-refractivity contribution is 9.10. The first-order valence-electron chi connectivity index (χ1n) is 5.64. The van der Waals surface area contributed by atoms with Crippen molar-refractivity contribution in [2.24, 2.45) is 0 Å². The minimum absolute atomic E-state index is 0.0457. The zero-order valence-corrected chi connectivity index (χ0v) is 13.4. The lowest BCUT2D eigenvalue weighted by atomic mass is 10.1. The molecule has 1 aromatic carbocycles. The van der Waals surface area contributed by atoms with E-state index in [2.05, 4.69) is 21.0 Å². The Morgan fingerprint density at radius 3 is 2.68 bits per heavy atom. The zero-order valence-electron chi connectivity index (χ0n) is 10.3. The van der Waals surface area contributed by atoms with E-state index in [4.69, 9.17) is 23.2 Å². The van der Waals surface area contributed by atoms with Crippen LogP contribution < -0.4 is 0 Å². The number of aromatic nitrogens is 2. The van der Waals surface area contributed by atoms with Gasteiger partial charge in [0.25, 0.3) is 0 Å². The number of carbonyl (C=O) groups excluding carboxylic acids is 1. The van der Waals surface area contributed by atoms with E-state index in [1.807, 2.05) is 13.8 Å². The maximum absolute atomic E-state index is 12.6. The van der Waals surface area contributed by atoms with Crippen LogP contribution in [0.2, 0.25) is 10.0 Å². The topological polar surface area (TPSA) is 34.9 Å². The summed E-state index contributed by atoms with van der Waals surface area (Å²) in [5.41, 5.74) is 0.844. The maximum atomic E-state index is 12.6. The summed E-state index contributed by atoms with van der Waals surface area (Å²) in [6.07, 6.45) is 1.48. The van der Waals surface area contributed by atoms with Gasteiger partial charge in [0.1, 0.15) is 5.69 Å². The second-order valence-electron chi connectivity index (χ2n) is 4.33. The Balaban J connectivity index is 2.56. The summed E-state index contributed by atoms with van der Waals surface area (Å²) in [5, 5.41) is 4.97. The SMILES string of the molecule is CC(C)n1ncc(Cl)c1C(=O)c1cc(Cl)ccc1Br. The molecule has 2 aromatic rings. The van der Waals surface area contributed by atoms with Gasteiger partial charge in [0.2, 0.25) is 5.78 Å². The summed E-state index contributed by atoms with van der Waals surface area (Å²) in [6, 6.07) is 5.11. The minimum atomic E-state index is -0.203. The van der Waals surface area contributed by atoms with Gasteiger partial charge in [0.15, 0.2) is 0 Å². The van der Waals surface area contributed by atoms with Crippen LogP contribution in [0.4, 0.5) is 0 Å². The summed E-state index contributed by atoms with van der Waals surface area (Å²) in [7, 11) is 0. The van der Waals surface area contributed by atoms with Gasteiger partial charge in [0.05, 0.1) is 11.2 Å². The maximum Gasteiger partial charge on any atom is 0.213 e. The highest BCUT2D eigenvalue weighted by atomic mass is 79.9. The first-order valence-corrected chi connectivity index (χ1v) is 7.19. The standard InChI is InChI=1S/C13H11BrCl2N2O/c1-7(2)18-12(11(16)6-17-18)13(19)9-5-8(15)3-4-10(9)14/h3-7H,1-2H3. The predicted molar refractivity (Wildman–Crippen MR) is 80.2 cm³/mol. The number of benzene rings is 1. The van der Waals surface area contributed by atoms with Crippen LogP contribution in [0.25, 0.3) is 0 Å². The number of carbonyl (C=O) groups is 1. The molecule has 0 radical (unpaired) electrons. The van der Waals surface area contributed by atoms with Crippen molar-refractivity contribution in [2.75, 3.05) is 0 Å². The molecule has 0 bridgehead atoms. The molecule has 100 valence electrons. The molecule has 0 fully saturated rings. The molecule has 6 heteroatoms. The lowest BCUT2D eigenvalue weighted by Gasteiger charge is -2.11. The summed E-state index contributed by atoms with van der Waals surface area (Å²) >= 11 is 15.4. The molecular weight excluding hydrogens is 351 g/mol. The van der Waals surface area contributed by atoms with Gasteiger partial charge in [-0.25, -0.2) is 0 Å². The van der Waals surface area contributed by atoms with Crippen LogP contribution in [0.1, 0.15) is 35.9 Å². The molecule has 0 amide bonds. The Hall–Kier alpha value is -0.840. The van der Waals surface area contributed by atoms with E-state index < -0.39 is 0 Å². The Kier molecular flexibility index (Phi) is 4.33. The van der Waals surface area contributed by atoms with Gasteiger partial charge < -0.3 is 0 Å². The van der Waals surface area contributed by atoms with Crippen molar-refractivity contribution in [3.05, 3.63) is 50.2 Å². The van der Waals surface area contributed by atoms with Gasteiger partial charge in [-0.05, 0) is 32.0 Å². The van der Waals surface area contributed by atoms with Gasteiger partial charge >= 0.3 is 0 Å². The Morgan fingerprint density at radius 1 is 1.37 bits per heavy atom. The van der Waals surface area contributed by atoms with Crippen LogP contribution in [0.15, 0.2) is 28.9 Å². The quantitative estimate of drug-likeness (QED) is 0.738. The number of hydrogen-bond donors (Lipinski definition) is 0. The van der Waals surface area contributed by atoms with Crippen LogP contribution in [0.5, 0.6) is 0 Å². The van der Waals surface area contributed by atoms with Crippen LogP contribution in [-0.4, -0.2) is 15.6 Å². The fourth-order valence-electron chi connectivity index (χ4n) is 1.74. The van der Waals surface area contributed by atoms with Crippen molar-refractivity contribution in [3.63, 3.8) is 0 Å². The zero-order chi connectivity index (χ0) is 14.2. The van der Waals surface area contributed by atoms with E-state index in [9.17, 15) is 4.79 Å². The fourth-order valence-corrected chi connectivity index (χ4v) is 2.56. The second kappa shape index (κ2) is 5.65. The first-order chi connectivity index (χ1) is 8.91. The smallest absolute Gasteiger partial charge is 0.213 e. The van der Waals surface area contributed by atoms with Crippen LogP contribution in [0.3, 0.4) is 0 Å². The van der Waals surface area contributed by atoms with E-state index in [0.29, 0.717) is 25.8 Å². The molecule has 0 aliphatic carbocycles. The average Bonchev–Trinajstić information content (AvgIpc) is 2.73. The van der Waals surface area contributed by atoms with E-state index >= 15 is 0 Å². The molecule has 0 atom stereocenters. The summed E-state index contributed by atoms with van der Waals surface area (Å²) in [4.78, 5) is 12.6. The van der Waals surface area contributed by atoms with Crippen molar-refractivity contribution < 1.29 is 4.79 Å². The average molecular weight is 362 g/mol. The summed E-state index contributed by atoms with van der Waals surface area (Å²) in [5.74, 6) is -0.203. The Bertz CT molecular complexity index is 638. The third-order valence-electron chi connectivity index (χ3n) is 2.63. The molecule has 0 saturated heterocycles. The van der Waals surface area contributed by atoms with E-state index in [0.717, 1.165) is 0 Å². The van der Waals surface area contributed by atoms with Crippen LogP contribution >= 0.6 is 39.1 Å². The van der Waals surface area contributed by atoms with Gasteiger partial charge in [-0.1, -0.05) is 39.1 Å². The Morgan fingerprint density at radius 2 is 2.05 bits per heavy atom. The van der Waals surface area contributed by atoms with Crippen LogP contribution in [0, 0.1) is 0 Å². The van der Waals surface area contributed by atoms with Gasteiger partial charge in [0, 0.05) is 21.1 Å². The molecule has 2 rings (SSSR count). The molecule has 0 N–H and O–H groups in total. The van der Waals surface area contributed by atoms with Crippen LogP contribution in [-0.2, 0) is 0 Å². The molecule has 19 heavy (non-hydrogen) atoms. The number of hydrogen-bond acceptors (Lipinski definition) is 2. The van der Waals surface area contributed by atoms with E-state index in [1.54, 1.807) is 22.9 Å². The van der Waals surface area contributed by atoms with Gasteiger partial charge in [-0.2, -0.15) is 5.10 Å². The number of rotatable bonds is 3. The monoisotopic (exact) mass is 360 g/mol. The van der Waals surface area contributed by atoms with Gasteiger partial charge in [-0.3, -0.25) is 9.48 Å². The number of ketones is 1. The third kappa shape index (κ3) is 2.86. The molecule has 1 aromatic heterocycles. The molecule has 0 spiro atoms. The molecule has 0 aliphatic heterocycles. The summed E-state index contributed by atoms with van der Waals surface area (Å²) in [6.45, 7) is 3.88. The van der Waals surface area contributed by atoms with Crippen molar-refractivity contribution in [1.29, 1.82) is 0 Å². The fraction of sp³-hybridized carbons (Fsp3) is 0.231.